The minimum atomic E-state index is -4.68. The molecule has 1 aliphatic heterocycles. The molecule has 1 heterocycles. The highest BCUT2D eigenvalue weighted by molar-refractivity contribution is 6.07. The van der Waals surface area contributed by atoms with Crippen molar-refractivity contribution >= 4 is 33.6 Å². The third-order valence-electron chi connectivity index (χ3n) is 5.64. The first-order valence-corrected chi connectivity index (χ1v) is 9.74. The third-order valence-corrected chi connectivity index (χ3v) is 5.64. The number of fused-ring (bicyclic) bond motifs is 2. The Hall–Kier alpha value is -3.32. The number of likely N-dealkylation sites (N-methyl/N-ethyl adjacent to an activating group) is 1. The Balaban J connectivity index is 2.02. The summed E-state index contributed by atoms with van der Waals surface area (Å²) in [6.07, 6.45) is -6.01. The largest absolute Gasteiger partial charge is 0.481 e. The summed E-state index contributed by atoms with van der Waals surface area (Å²) in [5.41, 5.74) is 0.239. The average molecular weight is 427 g/mol. The number of nitrogens with zero attached hydrogens (tertiary/aromatic N) is 1. The molecule has 4 rings (SSSR count). The summed E-state index contributed by atoms with van der Waals surface area (Å²) < 4.78 is 42.9. The molecule has 160 valence electrons. The number of halogens is 3. The molecule has 3 aromatic rings. The van der Waals surface area contributed by atoms with Crippen molar-refractivity contribution in [3.05, 3.63) is 77.4 Å². The summed E-state index contributed by atoms with van der Waals surface area (Å²) in [5.74, 6) is -0.948. The lowest BCUT2D eigenvalue weighted by molar-refractivity contribution is -0.136. The number of aliphatic hydroxyl groups excluding tert-OH is 1. The van der Waals surface area contributed by atoms with E-state index in [4.69, 9.17) is 5.11 Å². The van der Waals surface area contributed by atoms with Gasteiger partial charge in [-0.2, -0.15) is 13.2 Å². The molecule has 0 amide bonds. The summed E-state index contributed by atoms with van der Waals surface area (Å²) in [5, 5.41) is 21.2. The lowest BCUT2D eigenvalue weighted by Gasteiger charge is -2.37. The van der Waals surface area contributed by atoms with Crippen LogP contribution < -0.4 is 4.90 Å². The number of rotatable bonds is 4. The lowest BCUT2D eigenvalue weighted by Crippen LogP contribution is -2.38. The number of para-hydroxylation sites is 1. The molecule has 1 atom stereocenters. The zero-order valence-corrected chi connectivity index (χ0v) is 16.6. The maximum Gasteiger partial charge on any atom is 0.417 e. The van der Waals surface area contributed by atoms with Crippen LogP contribution in [0.5, 0.6) is 0 Å². The molecule has 1 aliphatic rings. The topological polar surface area (TPSA) is 60.8 Å². The number of hydrogen-bond acceptors (Lipinski definition) is 3. The van der Waals surface area contributed by atoms with Crippen LogP contribution in [0.1, 0.15) is 23.1 Å². The molecular formula is C24H20F3NO3. The molecule has 0 fully saturated rings. The SMILES string of the molecule is CN1c2ccccc2C(C(F)(F)F)=C(c2cccc3c(CCC(=O)O)cccc23)C1O. The summed E-state index contributed by atoms with van der Waals surface area (Å²) in [7, 11) is 1.56. The maximum absolute atomic E-state index is 14.3. The van der Waals surface area contributed by atoms with Gasteiger partial charge in [0.15, 0.2) is 6.23 Å². The molecule has 4 nitrogen and oxygen atoms in total. The summed E-state index contributed by atoms with van der Waals surface area (Å²) in [6, 6.07) is 16.3. The van der Waals surface area contributed by atoms with Gasteiger partial charge in [0, 0.05) is 30.3 Å². The predicted molar refractivity (Wildman–Crippen MR) is 114 cm³/mol. The highest BCUT2D eigenvalue weighted by Gasteiger charge is 2.44. The van der Waals surface area contributed by atoms with E-state index in [0.29, 0.717) is 16.5 Å². The molecule has 0 aliphatic carbocycles. The Morgan fingerprint density at radius 1 is 0.968 bits per heavy atom. The van der Waals surface area contributed by atoms with Crippen molar-refractivity contribution in [1.82, 2.24) is 0 Å². The molecule has 1 unspecified atom stereocenters. The van der Waals surface area contributed by atoms with Crippen molar-refractivity contribution in [3.63, 3.8) is 0 Å². The van der Waals surface area contributed by atoms with Crippen LogP contribution in [0, 0.1) is 0 Å². The first-order valence-electron chi connectivity index (χ1n) is 9.74. The van der Waals surface area contributed by atoms with E-state index in [9.17, 15) is 23.1 Å². The second-order valence-electron chi connectivity index (χ2n) is 7.50. The van der Waals surface area contributed by atoms with E-state index in [1.165, 1.54) is 11.0 Å². The molecule has 2 N–H and O–H groups in total. The molecule has 0 spiro atoms. The van der Waals surface area contributed by atoms with E-state index in [1.54, 1.807) is 61.6 Å². The van der Waals surface area contributed by atoms with Crippen LogP contribution in [-0.2, 0) is 11.2 Å². The third kappa shape index (κ3) is 3.65. The Morgan fingerprint density at radius 3 is 2.32 bits per heavy atom. The molecule has 0 saturated carbocycles. The van der Waals surface area contributed by atoms with Gasteiger partial charge in [-0.05, 0) is 34.4 Å². The first-order chi connectivity index (χ1) is 14.7. The summed E-state index contributed by atoms with van der Waals surface area (Å²) >= 11 is 0. The van der Waals surface area contributed by atoms with E-state index < -0.39 is 23.9 Å². The fourth-order valence-corrected chi connectivity index (χ4v) is 4.24. The Bertz CT molecular complexity index is 1200. The van der Waals surface area contributed by atoms with Gasteiger partial charge in [0.05, 0.1) is 5.57 Å². The number of aryl methyl sites for hydroxylation is 1. The Kier molecular flexibility index (Phi) is 5.23. The number of anilines is 1. The number of aliphatic hydroxyl groups is 1. The Morgan fingerprint density at radius 2 is 1.61 bits per heavy atom. The van der Waals surface area contributed by atoms with Crippen LogP contribution in [0.15, 0.2) is 60.7 Å². The average Bonchev–Trinajstić information content (AvgIpc) is 2.73. The van der Waals surface area contributed by atoms with Crippen LogP contribution in [0.25, 0.3) is 21.9 Å². The lowest BCUT2D eigenvalue weighted by atomic mass is 9.85. The van der Waals surface area contributed by atoms with Crippen molar-refractivity contribution < 1.29 is 28.2 Å². The number of alkyl halides is 3. The highest BCUT2D eigenvalue weighted by atomic mass is 19.4. The van der Waals surface area contributed by atoms with Gasteiger partial charge in [-0.3, -0.25) is 4.79 Å². The molecule has 31 heavy (non-hydrogen) atoms. The first kappa shape index (κ1) is 20.9. The van der Waals surface area contributed by atoms with E-state index in [1.807, 2.05) is 0 Å². The maximum atomic E-state index is 14.3. The molecular weight excluding hydrogens is 407 g/mol. The van der Waals surface area contributed by atoms with E-state index >= 15 is 0 Å². The number of carboxylic acids is 1. The van der Waals surface area contributed by atoms with Crippen LogP contribution in [0.3, 0.4) is 0 Å². The number of benzene rings is 3. The van der Waals surface area contributed by atoms with E-state index in [2.05, 4.69) is 0 Å². The second kappa shape index (κ2) is 7.74. The summed E-state index contributed by atoms with van der Waals surface area (Å²) in [6.45, 7) is 0. The number of carbonyl (C=O) groups is 1. The molecule has 0 saturated heterocycles. The molecule has 0 radical (unpaired) electrons. The molecule has 3 aromatic carbocycles. The minimum Gasteiger partial charge on any atom is -0.481 e. The molecule has 0 bridgehead atoms. The van der Waals surface area contributed by atoms with Gasteiger partial charge in [-0.25, -0.2) is 0 Å². The van der Waals surface area contributed by atoms with E-state index in [-0.39, 0.29) is 29.5 Å². The number of hydrogen-bond donors (Lipinski definition) is 2. The van der Waals surface area contributed by atoms with Crippen molar-refractivity contribution in [2.75, 3.05) is 11.9 Å². The van der Waals surface area contributed by atoms with Crippen LogP contribution in [-0.4, -0.2) is 35.6 Å². The van der Waals surface area contributed by atoms with Gasteiger partial charge in [0.1, 0.15) is 0 Å². The highest BCUT2D eigenvalue weighted by Crippen LogP contribution is 2.49. The van der Waals surface area contributed by atoms with Crippen molar-refractivity contribution in [1.29, 1.82) is 0 Å². The van der Waals surface area contributed by atoms with Crippen LogP contribution >= 0.6 is 0 Å². The quantitative estimate of drug-likeness (QED) is 0.608. The number of carboxylic acid groups (broad SMARTS) is 1. The zero-order valence-electron chi connectivity index (χ0n) is 16.6. The smallest absolute Gasteiger partial charge is 0.417 e. The number of allylic oxidation sites excluding steroid dienone is 1. The van der Waals surface area contributed by atoms with Gasteiger partial charge < -0.3 is 15.1 Å². The van der Waals surface area contributed by atoms with E-state index in [0.717, 1.165) is 5.56 Å². The second-order valence-corrected chi connectivity index (χ2v) is 7.50. The van der Waals surface area contributed by atoms with Crippen molar-refractivity contribution in [3.8, 4) is 0 Å². The predicted octanol–water partition coefficient (Wildman–Crippen LogP) is 5.10. The van der Waals surface area contributed by atoms with Gasteiger partial charge in [0.25, 0.3) is 0 Å². The fraction of sp³-hybridized carbons (Fsp3) is 0.208. The van der Waals surface area contributed by atoms with Gasteiger partial charge in [0.2, 0.25) is 0 Å². The number of aliphatic carboxylic acids is 1. The van der Waals surface area contributed by atoms with Gasteiger partial charge >= 0.3 is 12.1 Å². The van der Waals surface area contributed by atoms with Crippen LogP contribution in [0.4, 0.5) is 18.9 Å². The molecule has 7 heteroatoms. The van der Waals surface area contributed by atoms with Crippen molar-refractivity contribution in [2.45, 2.75) is 25.2 Å². The standard InChI is InChI=1S/C24H20F3NO3/c1-28-19-11-3-2-7-18(19)22(24(25,26)27)21(23(28)31)17-10-5-8-15-14(12-13-20(29)30)6-4-9-16(15)17/h2-11,23,31H,12-13H2,1H3,(H,29,30). The monoisotopic (exact) mass is 427 g/mol. The summed E-state index contributed by atoms with van der Waals surface area (Å²) in [4.78, 5) is 12.4. The van der Waals surface area contributed by atoms with Crippen molar-refractivity contribution in [2.24, 2.45) is 0 Å². The van der Waals surface area contributed by atoms with Gasteiger partial charge in [-0.1, -0.05) is 54.6 Å². The zero-order chi connectivity index (χ0) is 22.3. The van der Waals surface area contributed by atoms with Crippen LogP contribution in [0.2, 0.25) is 0 Å². The molecule has 0 aromatic heterocycles. The fourth-order valence-electron chi connectivity index (χ4n) is 4.24. The normalized spacial score (nSPS) is 16.5. The van der Waals surface area contributed by atoms with Gasteiger partial charge in [-0.15, -0.1) is 0 Å². The minimum absolute atomic E-state index is 0.0110. The Labute approximate surface area is 176 Å².